The summed E-state index contributed by atoms with van der Waals surface area (Å²) in [6, 6.07) is 11.1. The zero-order valence-electron chi connectivity index (χ0n) is 15.7. The Hall–Kier alpha value is -2.56. The molecule has 162 valence electrons. The number of thiazole rings is 1. The number of aromatic nitrogens is 1. The minimum Gasteiger partial charge on any atom is -0.326 e. The Morgan fingerprint density at radius 3 is 2.45 bits per heavy atom. The summed E-state index contributed by atoms with van der Waals surface area (Å²) < 4.78 is 38.9. The van der Waals surface area contributed by atoms with E-state index >= 15 is 0 Å². The Morgan fingerprint density at radius 1 is 1.03 bits per heavy atom. The van der Waals surface area contributed by atoms with Crippen molar-refractivity contribution in [1.82, 2.24) is 4.98 Å². The molecule has 0 aliphatic rings. The van der Waals surface area contributed by atoms with Crippen LogP contribution in [0.1, 0.15) is 11.3 Å². The highest BCUT2D eigenvalue weighted by atomic mass is 35.5. The van der Waals surface area contributed by atoms with Crippen molar-refractivity contribution >= 4 is 57.9 Å². The average molecular weight is 486 g/mol. The second kappa shape index (κ2) is 10.2. The Kier molecular flexibility index (Phi) is 7.58. The molecule has 3 rings (SSSR count). The first-order chi connectivity index (χ1) is 14.7. The number of alkyl halides is 3. The largest absolute Gasteiger partial charge is 0.416 e. The van der Waals surface area contributed by atoms with Crippen LogP contribution in [0.2, 0.25) is 5.02 Å². The molecule has 1 aromatic heterocycles. The lowest BCUT2D eigenvalue weighted by molar-refractivity contribution is -0.137. The van der Waals surface area contributed by atoms with E-state index in [9.17, 15) is 22.8 Å². The van der Waals surface area contributed by atoms with Crippen molar-refractivity contribution in [3.63, 3.8) is 0 Å². The van der Waals surface area contributed by atoms with Gasteiger partial charge >= 0.3 is 6.18 Å². The Balaban J connectivity index is 1.48. The molecule has 0 fully saturated rings. The van der Waals surface area contributed by atoms with E-state index in [4.69, 9.17) is 11.6 Å². The highest BCUT2D eigenvalue weighted by Gasteiger charge is 2.30. The maximum Gasteiger partial charge on any atom is 0.416 e. The van der Waals surface area contributed by atoms with E-state index in [1.54, 1.807) is 29.6 Å². The van der Waals surface area contributed by atoms with Gasteiger partial charge in [0.15, 0.2) is 4.34 Å². The minimum absolute atomic E-state index is 0.0588. The molecule has 0 bridgehead atoms. The molecule has 2 N–H and O–H groups in total. The number of nitrogens with one attached hydrogen (secondary N) is 2. The van der Waals surface area contributed by atoms with Crippen molar-refractivity contribution in [2.45, 2.75) is 16.9 Å². The van der Waals surface area contributed by atoms with Crippen LogP contribution in [-0.4, -0.2) is 22.6 Å². The third-order valence-electron chi connectivity index (χ3n) is 3.80. The number of benzene rings is 2. The molecular weight excluding hydrogens is 471 g/mol. The van der Waals surface area contributed by atoms with Crippen molar-refractivity contribution < 1.29 is 22.8 Å². The molecule has 1 heterocycles. The third kappa shape index (κ3) is 7.27. The summed E-state index contributed by atoms with van der Waals surface area (Å²) in [5, 5.41) is 7.42. The van der Waals surface area contributed by atoms with Gasteiger partial charge in [-0.05, 0) is 42.5 Å². The van der Waals surface area contributed by atoms with Gasteiger partial charge in [-0.1, -0.05) is 29.4 Å². The summed E-state index contributed by atoms with van der Waals surface area (Å²) in [6.45, 7) is 0. The summed E-state index contributed by atoms with van der Waals surface area (Å²) in [5.41, 5.74) is 0.314. The van der Waals surface area contributed by atoms with Gasteiger partial charge in [0.05, 0.1) is 23.4 Å². The van der Waals surface area contributed by atoms with E-state index in [-0.39, 0.29) is 23.8 Å². The van der Waals surface area contributed by atoms with Crippen molar-refractivity contribution in [2.75, 3.05) is 16.4 Å². The van der Waals surface area contributed by atoms with Gasteiger partial charge in [0, 0.05) is 21.8 Å². The van der Waals surface area contributed by atoms with Crippen molar-refractivity contribution in [2.24, 2.45) is 0 Å². The Bertz CT molecular complexity index is 1070. The normalized spacial score (nSPS) is 11.2. The van der Waals surface area contributed by atoms with E-state index in [0.717, 1.165) is 12.1 Å². The molecular formula is C20H15ClF3N3O2S2. The number of anilines is 2. The molecule has 0 unspecified atom stereocenters. The monoisotopic (exact) mass is 485 g/mol. The second-order valence-corrected chi connectivity index (χ2v) is 8.77. The molecule has 5 nitrogen and oxygen atoms in total. The quantitative estimate of drug-likeness (QED) is 0.419. The van der Waals surface area contributed by atoms with Gasteiger partial charge in [0.25, 0.3) is 0 Å². The molecule has 0 radical (unpaired) electrons. The number of nitrogens with zero attached hydrogens (tertiary/aromatic N) is 1. The van der Waals surface area contributed by atoms with Crippen LogP contribution >= 0.6 is 34.7 Å². The predicted octanol–water partition coefficient (Wildman–Crippen LogP) is 5.73. The van der Waals surface area contributed by atoms with E-state index in [1.807, 2.05) is 0 Å². The molecule has 31 heavy (non-hydrogen) atoms. The summed E-state index contributed by atoms with van der Waals surface area (Å²) in [5.74, 6) is -0.570. The number of amides is 2. The number of halogens is 4. The molecule has 0 spiro atoms. The molecule has 0 saturated carbocycles. The second-order valence-electron chi connectivity index (χ2n) is 6.25. The van der Waals surface area contributed by atoms with Crippen molar-refractivity contribution in [3.8, 4) is 0 Å². The van der Waals surface area contributed by atoms with Crippen LogP contribution in [-0.2, 0) is 22.2 Å². The maximum atomic E-state index is 12.8. The van der Waals surface area contributed by atoms with Crippen LogP contribution in [0, 0.1) is 0 Å². The first-order valence-electron chi connectivity index (χ1n) is 8.79. The van der Waals surface area contributed by atoms with Crippen molar-refractivity contribution in [3.05, 3.63) is 70.2 Å². The smallest absolute Gasteiger partial charge is 0.326 e. The molecule has 2 aromatic carbocycles. The van der Waals surface area contributed by atoms with Crippen LogP contribution in [0.5, 0.6) is 0 Å². The zero-order chi connectivity index (χ0) is 22.4. The predicted molar refractivity (Wildman–Crippen MR) is 117 cm³/mol. The van der Waals surface area contributed by atoms with E-state index in [1.165, 1.54) is 35.2 Å². The first kappa shape index (κ1) is 23.1. The third-order valence-corrected chi connectivity index (χ3v) is 6.12. The van der Waals surface area contributed by atoms with Crippen molar-refractivity contribution in [1.29, 1.82) is 0 Å². The van der Waals surface area contributed by atoms with Crippen LogP contribution in [0.15, 0.2) is 58.3 Å². The summed E-state index contributed by atoms with van der Waals surface area (Å²) in [6.07, 6.45) is -4.58. The van der Waals surface area contributed by atoms with Crippen LogP contribution < -0.4 is 10.6 Å². The fourth-order valence-electron chi connectivity index (χ4n) is 2.44. The number of carbonyl (C=O) groups excluding carboxylic acids is 2. The summed E-state index contributed by atoms with van der Waals surface area (Å²) in [7, 11) is 0. The molecule has 3 aromatic rings. The SMILES string of the molecule is O=C(CSc1nc(CC(=O)Nc2cccc(C(F)(F)F)c2)cs1)Nc1ccc(Cl)cc1. The highest BCUT2D eigenvalue weighted by molar-refractivity contribution is 8.01. The highest BCUT2D eigenvalue weighted by Crippen LogP contribution is 2.30. The van der Waals surface area contributed by atoms with Gasteiger partial charge in [-0.2, -0.15) is 13.2 Å². The number of carbonyl (C=O) groups is 2. The number of rotatable bonds is 7. The van der Waals surface area contributed by atoms with E-state index in [0.29, 0.717) is 20.7 Å². The molecule has 0 atom stereocenters. The van der Waals surface area contributed by atoms with E-state index < -0.39 is 17.6 Å². The fraction of sp³-hybridized carbons (Fsp3) is 0.150. The minimum atomic E-state index is -4.48. The van der Waals surface area contributed by atoms with E-state index in [2.05, 4.69) is 15.6 Å². The van der Waals surface area contributed by atoms with Gasteiger partial charge in [0.1, 0.15) is 0 Å². The Labute approximate surface area is 189 Å². The number of hydrogen-bond donors (Lipinski definition) is 2. The molecule has 0 aliphatic heterocycles. The van der Waals surface area contributed by atoms with Gasteiger partial charge in [-0.15, -0.1) is 11.3 Å². The van der Waals surface area contributed by atoms with Crippen LogP contribution in [0.25, 0.3) is 0 Å². The molecule has 11 heteroatoms. The van der Waals surface area contributed by atoms with Gasteiger partial charge in [-0.25, -0.2) is 4.98 Å². The van der Waals surface area contributed by atoms with Gasteiger partial charge in [0.2, 0.25) is 11.8 Å². The van der Waals surface area contributed by atoms with Gasteiger partial charge < -0.3 is 10.6 Å². The van der Waals surface area contributed by atoms with Crippen LogP contribution in [0.4, 0.5) is 24.5 Å². The topological polar surface area (TPSA) is 71.1 Å². The molecule has 0 saturated heterocycles. The lowest BCUT2D eigenvalue weighted by Gasteiger charge is -2.09. The average Bonchev–Trinajstić information content (AvgIpc) is 3.15. The lowest BCUT2D eigenvalue weighted by Crippen LogP contribution is -2.15. The number of hydrogen-bond acceptors (Lipinski definition) is 5. The summed E-state index contributed by atoms with van der Waals surface area (Å²) in [4.78, 5) is 28.4. The Morgan fingerprint density at radius 2 is 1.74 bits per heavy atom. The molecule has 0 aliphatic carbocycles. The van der Waals surface area contributed by atoms with Gasteiger partial charge in [-0.3, -0.25) is 9.59 Å². The maximum absolute atomic E-state index is 12.8. The standard InChI is InChI=1S/C20H15ClF3N3O2S2/c21-13-4-6-14(7-5-13)25-18(29)11-31-19-27-16(10-30-19)9-17(28)26-15-3-1-2-12(8-15)20(22,23)24/h1-8,10H,9,11H2,(H,25,29)(H,26,28). The van der Waals surface area contributed by atoms with Crippen LogP contribution in [0.3, 0.4) is 0 Å². The fourth-order valence-corrected chi connectivity index (χ4v) is 4.21. The lowest BCUT2D eigenvalue weighted by atomic mass is 10.2. The number of thioether (sulfide) groups is 1. The zero-order valence-corrected chi connectivity index (χ0v) is 18.1. The first-order valence-corrected chi connectivity index (χ1v) is 11.0. The molecule has 2 amide bonds. The summed E-state index contributed by atoms with van der Waals surface area (Å²) >= 11 is 8.30.